The highest BCUT2D eigenvalue weighted by atomic mass is 16.5. The summed E-state index contributed by atoms with van der Waals surface area (Å²) < 4.78 is 5.70. The molecule has 1 rings (SSSR count). The zero-order valence-corrected chi connectivity index (χ0v) is 13.2. The van der Waals surface area contributed by atoms with E-state index in [4.69, 9.17) is 4.74 Å². The first-order valence-corrected chi connectivity index (χ1v) is 7.00. The van der Waals surface area contributed by atoms with E-state index in [2.05, 4.69) is 69.3 Å². The number of nitrogens with zero attached hydrogens (tertiary/aromatic N) is 1. The molecular weight excluding hydrogens is 236 g/mol. The van der Waals surface area contributed by atoms with Crippen LogP contribution in [0.1, 0.15) is 39.3 Å². The molecule has 1 N–H and O–H groups in total. The number of hydrogen-bond donors (Lipinski definition) is 1. The average Bonchev–Trinajstić information content (AvgIpc) is 2.36. The first-order chi connectivity index (χ1) is 8.85. The Kier molecular flexibility index (Phi) is 5.83. The summed E-state index contributed by atoms with van der Waals surface area (Å²) in [5.74, 6) is 0. The summed E-state index contributed by atoms with van der Waals surface area (Å²) in [6.07, 6.45) is 0. The van der Waals surface area contributed by atoms with Crippen molar-refractivity contribution in [1.82, 2.24) is 5.32 Å². The number of benzene rings is 1. The van der Waals surface area contributed by atoms with E-state index in [9.17, 15) is 0 Å². The van der Waals surface area contributed by atoms with Crippen molar-refractivity contribution in [3.05, 3.63) is 29.8 Å². The standard InChI is InChI=1S/C16H28N2O/c1-7-19-16(3,4)12-17-13(2)14-8-10-15(11-9-14)18(5)6/h8-11,13,17H,7,12H2,1-6H3. The van der Waals surface area contributed by atoms with Gasteiger partial charge in [0.15, 0.2) is 0 Å². The topological polar surface area (TPSA) is 24.5 Å². The number of ether oxygens (including phenoxy) is 1. The number of rotatable bonds is 7. The van der Waals surface area contributed by atoms with Crippen LogP contribution in [0.2, 0.25) is 0 Å². The second kappa shape index (κ2) is 6.92. The molecular formula is C16H28N2O. The van der Waals surface area contributed by atoms with Gasteiger partial charge >= 0.3 is 0 Å². The zero-order valence-electron chi connectivity index (χ0n) is 13.2. The molecule has 0 spiro atoms. The Balaban J connectivity index is 2.56. The zero-order chi connectivity index (χ0) is 14.5. The minimum Gasteiger partial charge on any atom is -0.378 e. The molecule has 0 aromatic heterocycles. The number of nitrogens with one attached hydrogen (secondary N) is 1. The predicted molar refractivity (Wildman–Crippen MR) is 82.9 cm³/mol. The summed E-state index contributed by atoms with van der Waals surface area (Å²) >= 11 is 0. The van der Waals surface area contributed by atoms with Crippen LogP contribution in [0.15, 0.2) is 24.3 Å². The largest absolute Gasteiger partial charge is 0.378 e. The molecule has 0 saturated heterocycles. The van der Waals surface area contributed by atoms with E-state index in [0.29, 0.717) is 6.04 Å². The van der Waals surface area contributed by atoms with Crippen molar-refractivity contribution >= 4 is 5.69 Å². The van der Waals surface area contributed by atoms with Gasteiger partial charge in [-0.3, -0.25) is 0 Å². The lowest BCUT2D eigenvalue weighted by Crippen LogP contribution is -2.38. The van der Waals surface area contributed by atoms with Crippen LogP contribution in [0.4, 0.5) is 5.69 Å². The predicted octanol–water partition coefficient (Wildman–Crippen LogP) is 3.22. The summed E-state index contributed by atoms with van der Waals surface area (Å²) in [4.78, 5) is 2.11. The minimum atomic E-state index is -0.118. The summed E-state index contributed by atoms with van der Waals surface area (Å²) in [5, 5.41) is 3.53. The Morgan fingerprint density at radius 3 is 2.26 bits per heavy atom. The van der Waals surface area contributed by atoms with Crippen LogP contribution in [0.25, 0.3) is 0 Å². The van der Waals surface area contributed by atoms with Gasteiger partial charge in [-0.05, 0) is 45.4 Å². The summed E-state index contributed by atoms with van der Waals surface area (Å²) in [6, 6.07) is 9.00. The molecule has 1 aromatic carbocycles. The van der Waals surface area contributed by atoms with Gasteiger partial charge in [-0.25, -0.2) is 0 Å². The van der Waals surface area contributed by atoms with Gasteiger partial charge in [-0.1, -0.05) is 12.1 Å². The molecule has 1 atom stereocenters. The average molecular weight is 264 g/mol. The molecule has 1 unspecified atom stereocenters. The van der Waals surface area contributed by atoms with Gasteiger partial charge in [0.05, 0.1) is 5.60 Å². The molecule has 3 nitrogen and oxygen atoms in total. The minimum absolute atomic E-state index is 0.118. The number of anilines is 1. The Labute approximate surface area is 118 Å². The van der Waals surface area contributed by atoms with Crippen molar-refractivity contribution in [1.29, 1.82) is 0 Å². The fourth-order valence-corrected chi connectivity index (χ4v) is 2.02. The second-order valence-corrected chi connectivity index (χ2v) is 5.78. The van der Waals surface area contributed by atoms with Gasteiger partial charge in [0, 0.05) is 39.0 Å². The quantitative estimate of drug-likeness (QED) is 0.818. The van der Waals surface area contributed by atoms with Gasteiger partial charge in [-0.15, -0.1) is 0 Å². The molecule has 0 bridgehead atoms. The Hall–Kier alpha value is -1.06. The normalized spacial score (nSPS) is 13.4. The Morgan fingerprint density at radius 2 is 1.79 bits per heavy atom. The van der Waals surface area contributed by atoms with Crippen LogP contribution in [0.5, 0.6) is 0 Å². The molecule has 1 aromatic rings. The highest BCUT2D eigenvalue weighted by molar-refractivity contribution is 5.46. The van der Waals surface area contributed by atoms with E-state index in [0.717, 1.165) is 13.2 Å². The monoisotopic (exact) mass is 264 g/mol. The van der Waals surface area contributed by atoms with Crippen molar-refractivity contribution in [2.45, 2.75) is 39.3 Å². The Morgan fingerprint density at radius 1 is 1.21 bits per heavy atom. The first-order valence-electron chi connectivity index (χ1n) is 7.00. The maximum Gasteiger partial charge on any atom is 0.0750 e. The van der Waals surface area contributed by atoms with Crippen LogP contribution in [-0.2, 0) is 4.74 Å². The fraction of sp³-hybridized carbons (Fsp3) is 0.625. The van der Waals surface area contributed by atoms with Crippen LogP contribution in [-0.4, -0.2) is 32.8 Å². The molecule has 0 aliphatic rings. The lowest BCUT2D eigenvalue weighted by Gasteiger charge is -2.27. The smallest absolute Gasteiger partial charge is 0.0750 e. The maximum absolute atomic E-state index is 5.70. The molecule has 0 aliphatic heterocycles. The lowest BCUT2D eigenvalue weighted by molar-refractivity contribution is -0.0103. The number of hydrogen-bond acceptors (Lipinski definition) is 3. The van der Waals surface area contributed by atoms with E-state index in [1.54, 1.807) is 0 Å². The molecule has 0 heterocycles. The first kappa shape index (κ1) is 16.0. The molecule has 19 heavy (non-hydrogen) atoms. The van der Waals surface area contributed by atoms with Crippen LogP contribution in [0, 0.1) is 0 Å². The van der Waals surface area contributed by atoms with Gasteiger partial charge in [0.1, 0.15) is 0 Å². The molecule has 3 heteroatoms. The van der Waals surface area contributed by atoms with E-state index >= 15 is 0 Å². The van der Waals surface area contributed by atoms with E-state index in [-0.39, 0.29) is 5.60 Å². The summed E-state index contributed by atoms with van der Waals surface area (Å²) in [6.45, 7) is 10.0. The van der Waals surface area contributed by atoms with Gasteiger partial charge in [0.2, 0.25) is 0 Å². The van der Waals surface area contributed by atoms with E-state index in [1.165, 1.54) is 11.3 Å². The highest BCUT2D eigenvalue weighted by Crippen LogP contribution is 2.18. The summed E-state index contributed by atoms with van der Waals surface area (Å²) in [5.41, 5.74) is 2.41. The fourth-order valence-electron chi connectivity index (χ4n) is 2.02. The van der Waals surface area contributed by atoms with Crippen LogP contribution in [0.3, 0.4) is 0 Å². The third-order valence-electron chi connectivity index (χ3n) is 3.28. The third kappa shape index (κ3) is 5.21. The Bertz CT molecular complexity index is 371. The van der Waals surface area contributed by atoms with Gasteiger partial charge in [0.25, 0.3) is 0 Å². The van der Waals surface area contributed by atoms with Crippen molar-refractivity contribution < 1.29 is 4.74 Å². The molecule has 0 amide bonds. The van der Waals surface area contributed by atoms with Crippen LogP contribution < -0.4 is 10.2 Å². The molecule has 0 aliphatic carbocycles. The van der Waals surface area contributed by atoms with E-state index < -0.39 is 0 Å². The molecule has 0 saturated carbocycles. The van der Waals surface area contributed by atoms with Gasteiger partial charge < -0.3 is 15.0 Å². The van der Waals surface area contributed by atoms with Crippen LogP contribution >= 0.6 is 0 Å². The van der Waals surface area contributed by atoms with Crippen molar-refractivity contribution in [3.8, 4) is 0 Å². The van der Waals surface area contributed by atoms with E-state index in [1.807, 2.05) is 6.92 Å². The van der Waals surface area contributed by atoms with Crippen molar-refractivity contribution in [3.63, 3.8) is 0 Å². The maximum atomic E-state index is 5.70. The van der Waals surface area contributed by atoms with Crippen molar-refractivity contribution in [2.75, 3.05) is 32.1 Å². The lowest BCUT2D eigenvalue weighted by atomic mass is 10.1. The highest BCUT2D eigenvalue weighted by Gasteiger charge is 2.18. The third-order valence-corrected chi connectivity index (χ3v) is 3.28. The molecule has 108 valence electrons. The molecule has 0 radical (unpaired) electrons. The van der Waals surface area contributed by atoms with Gasteiger partial charge in [-0.2, -0.15) is 0 Å². The van der Waals surface area contributed by atoms with Crippen molar-refractivity contribution in [2.24, 2.45) is 0 Å². The second-order valence-electron chi connectivity index (χ2n) is 5.78. The summed E-state index contributed by atoms with van der Waals surface area (Å²) in [7, 11) is 4.11. The SMILES string of the molecule is CCOC(C)(C)CNC(C)c1ccc(N(C)C)cc1. The molecule has 0 fully saturated rings.